The summed E-state index contributed by atoms with van der Waals surface area (Å²) in [4.78, 5) is 29.5. The van der Waals surface area contributed by atoms with Gasteiger partial charge >= 0.3 is 0 Å². The van der Waals surface area contributed by atoms with E-state index in [0.717, 1.165) is 38.8 Å². The number of hydrogen-bond acceptors (Lipinski definition) is 3. The van der Waals surface area contributed by atoms with Crippen LogP contribution in [0.25, 0.3) is 0 Å². The molecular formula is C20H27ClN2O3. The number of amides is 2. The van der Waals surface area contributed by atoms with Gasteiger partial charge in [-0.3, -0.25) is 9.59 Å². The smallest absolute Gasteiger partial charge is 0.257 e. The van der Waals surface area contributed by atoms with Crippen molar-refractivity contribution in [1.82, 2.24) is 9.80 Å². The molecule has 0 saturated carbocycles. The molecular weight excluding hydrogens is 352 g/mol. The lowest BCUT2D eigenvalue weighted by Crippen LogP contribution is -2.44. The molecule has 1 aromatic carbocycles. The Morgan fingerprint density at radius 3 is 2.27 bits per heavy atom. The largest absolute Gasteiger partial charge is 0.496 e. The fourth-order valence-corrected chi connectivity index (χ4v) is 4.05. The van der Waals surface area contributed by atoms with Gasteiger partial charge in [-0.2, -0.15) is 0 Å². The monoisotopic (exact) mass is 378 g/mol. The van der Waals surface area contributed by atoms with Gasteiger partial charge in [0, 0.05) is 37.1 Å². The van der Waals surface area contributed by atoms with Gasteiger partial charge < -0.3 is 14.5 Å². The van der Waals surface area contributed by atoms with Gasteiger partial charge in [-0.15, -0.1) is 0 Å². The van der Waals surface area contributed by atoms with E-state index in [1.807, 2.05) is 9.80 Å². The van der Waals surface area contributed by atoms with Crippen LogP contribution in [0.3, 0.4) is 0 Å². The fraction of sp³-hybridized carbons (Fsp3) is 0.600. The predicted molar refractivity (Wildman–Crippen MR) is 102 cm³/mol. The molecule has 1 aromatic rings. The molecule has 5 nitrogen and oxygen atoms in total. The SMILES string of the molecule is COc1cc(Cl)ccc1C(=O)N1CCC(C(=O)N2CCCCCC2)CC1. The van der Waals surface area contributed by atoms with Crippen molar-refractivity contribution in [2.45, 2.75) is 38.5 Å². The number of carbonyl (C=O) groups excluding carboxylic acids is 2. The normalized spacial score (nSPS) is 19.2. The van der Waals surface area contributed by atoms with E-state index < -0.39 is 0 Å². The van der Waals surface area contributed by atoms with Crippen molar-refractivity contribution in [3.05, 3.63) is 28.8 Å². The maximum Gasteiger partial charge on any atom is 0.257 e. The summed E-state index contributed by atoms with van der Waals surface area (Å²) in [5, 5.41) is 0.542. The van der Waals surface area contributed by atoms with Crippen LogP contribution in [0.5, 0.6) is 5.75 Å². The van der Waals surface area contributed by atoms with Gasteiger partial charge in [0.25, 0.3) is 5.91 Å². The first-order valence-electron chi connectivity index (χ1n) is 9.51. The van der Waals surface area contributed by atoms with E-state index in [1.165, 1.54) is 20.0 Å². The van der Waals surface area contributed by atoms with Gasteiger partial charge in [0.1, 0.15) is 5.75 Å². The molecule has 26 heavy (non-hydrogen) atoms. The average molecular weight is 379 g/mol. The molecule has 2 fully saturated rings. The molecule has 2 saturated heterocycles. The van der Waals surface area contributed by atoms with Crippen molar-refractivity contribution in [3.63, 3.8) is 0 Å². The van der Waals surface area contributed by atoms with Crippen molar-refractivity contribution >= 4 is 23.4 Å². The van der Waals surface area contributed by atoms with Crippen molar-refractivity contribution in [3.8, 4) is 5.75 Å². The zero-order chi connectivity index (χ0) is 18.5. The first-order valence-corrected chi connectivity index (χ1v) is 9.89. The number of halogens is 1. The number of carbonyl (C=O) groups is 2. The van der Waals surface area contributed by atoms with E-state index in [9.17, 15) is 9.59 Å². The maximum absolute atomic E-state index is 12.8. The lowest BCUT2D eigenvalue weighted by molar-refractivity contribution is -0.136. The van der Waals surface area contributed by atoms with E-state index >= 15 is 0 Å². The number of hydrogen-bond donors (Lipinski definition) is 0. The van der Waals surface area contributed by atoms with E-state index in [4.69, 9.17) is 16.3 Å². The van der Waals surface area contributed by atoms with Gasteiger partial charge in [0.05, 0.1) is 12.7 Å². The Morgan fingerprint density at radius 2 is 1.65 bits per heavy atom. The van der Waals surface area contributed by atoms with Gasteiger partial charge in [-0.25, -0.2) is 0 Å². The third-order valence-corrected chi connectivity index (χ3v) is 5.68. The van der Waals surface area contributed by atoms with Gasteiger partial charge in [0.2, 0.25) is 5.91 Å². The summed E-state index contributed by atoms with van der Waals surface area (Å²) < 4.78 is 5.30. The third-order valence-electron chi connectivity index (χ3n) is 5.44. The van der Waals surface area contributed by atoms with Gasteiger partial charge in [0.15, 0.2) is 0 Å². The van der Waals surface area contributed by atoms with Crippen LogP contribution in [0.15, 0.2) is 18.2 Å². The Balaban J connectivity index is 1.59. The first-order chi connectivity index (χ1) is 12.6. The van der Waals surface area contributed by atoms with Crippen LogP contribution in [-0.2, 0) is 4.79 Å². The molecule has 0 unspecified atom stereocenters. The van der Waals surface area contributed by atoms with Crippen LogP contribution < -0.4 is 4.74 Å². The molecule has 0 aliphatic carbocycles. The summed E-state index contributed by atoms with van der Waals surface area (Å²) in [6.07, 6.45) is 6.13. The van der Waals surface area contributed by atoms with Crippen LogP contribution in [0, 0.1) is 5.92 Å². The van der Waals surface area contributed by atoms with Crippen LogP contribution in [0.1, 0.15) is 48.9 Å². The molecule has 6 heteroatoms. The molecule has 0 radical (unpaired) electrons. The summed E-state index contributed by atoms with van der Waals surface area (Å²) in [5.41, 5.74) is 0.522. The molecule has 2 aliphatic heterocycles. The molecule has 3 rings (SSSR count). The highest BCUT2D eigenvalue weighted by atomic mass is 35.5. The fourth-order valence-electron chi connectivity index (χ4n) is 3.89. The van der Waals surface area contributed by atoms with E-state index in [2.05, 4.69) is 0 Å². The topological polar surface area (TPSA) is 49.9 Å². The maximum atomic E-state index is 12.8. The number of rotatable bonds is 3. The van der Waals surface area contributed by atoms with Crippen LogP contribution in [0.2, 0.25) is 5.02 Å². The second-order valence-corrected chi connectivity index (χ2v) is 7.59. The molecule has 2 aliphatic rings. The lowest BCUT2D eigenvalue weighted by atomic mass is 9.94. The number of ether oxygens (including phenoxy) is 1. The van der Waals surface area contributed by atoms with Gasteiger partial charge in [-0.05, 0) is 43.9 Å². The minimum atomic E-state index is -0.0563. The first kappa shape index (κ1) is 19.0. The number of piperidine rings is 1. The molecule has 2 heterocycles. The Morgan fingerprint density at radius 1 is 1.00 bits per heavy atom. The molecule has 0 bridgehead atoms. The van der Waals surface area contributed by atoms with Crippen molar-refractivity contribution in [1.29, 1.82) is 0 Å². The molecule has 0 atom stereocenters. The summed E-state index contributed by atoms with van der Waals surface area (Å²) in [7, 11) is 1.54. The highest BCUT2D eigenvalue weighted by Gasteiger charge is 2.31. The van der Waals surface area contributed by atoms with Crippen LogP contribution in [-0.4, -0.2) is 54.9 Å². The van der Waals surface area contributed by atoms with Crippen molar-refractivity contribution in [2.75, 3.05) is 33.3 Å². The Hall–Kier alpha value is -1.75. The number of methoxy groups -OCH3 is 1. The lowest BCUT2D eigenvalue weighted by Gasteiger charge is -2.34. The molecule has 0 aromatic heterocycles. The summed E-state index contributed by atoms with van der Waals surface area (Å²) >= 11 is 5.98. The molecule has 0 spiro atoms. The number of benzene rings is 1. The minimum Gasteiger partial charge on any atom is -0.496 e. The highest BCUT2D eigenvalue weighted by molar-refractivity contribution is 6.30. The number of likely N-dealkylation sites (tertiary alicyclic amines) is 2. The summed E-state index contributed by atoms with van der Waals surface area (Å²) in [6, 6.07) is 5.06. The number of nitrogens with zero attached hydrogens (tertiary/aromatic N) is 2. The van der Waals surface area contributed by atoms with E-state index in [1.54, 1.807) is 18.2 Å². The Kier molecular flexibility index (Phi) is 6.41. The zero-order valence-corrected chi connectivity index (χ0v) is 16.1. The Bertz CT molecular complexity index is 648. The summed E-state index contributed by atoms with van der Waals surface area (Å²) in [6.45, 7) is 2.99. The molecule has 142 valence electrons. The van der Waals surface area contributed by atoms with Crippen molar-refractivity contribution in [2.24, 2.45) is 5.92 Å². The van der Waals surface area contributed by atoms with Crippen molar-refractivity contribution < 1.29 is 14.3 Å². The second kappa shape index (κ2) is 8.76. The average Bonchev–Trinajstić information content (AvgIpc) is 2.96. The van der Waals surface area contributed by atoms with E-state index in [0.29, 0.717) is 29.4 Å². The molecule has 0 N–H and O–H groups in total. The predicted octanol–water partition coefficient (Wildman–Crippen LogP) is 3.60. The Labute approximate surface area is 160 Å². The quantitative estimate of drug-likeness (QED) is 0.807. The second-order valence-electron chi connectivity index (χ2n) is 7.15. The van der Waals surface area contributed by atoms with E-state index in [-0.39, 0.29) is 17.7 Å². The summed E-state index contributed by atoms with van der Waals surface area (Å²) in [5.74, 6) is 0.761. The zero-order valence-electron chi connectivity index (χ0n) is 15.4. The van der Waals surface area contributed by atoms with Gasteiger partial charge in [-0.1, -0.05) is 24.4 Å². The third kappa shape index (κ3) is 4.32. The minimum absolute atomic E-state index is 0.0456. The standard InChI is InChI=1S/C20H27ClN2O3/c1-26-18-14-16(21)6-7-17(18)20(25)23-12-8-15(9-13-23)19(24)22-10-4-2-3-5-11-22/h6-7,14-15H,2-5,8-13H2,1H3. The van der Waals surface area contributed by atoms with Crippen LogP contribution in [0.4, 0.5) is 0 Å². The van der Waals surface area contributed by atoms with Crippen LogP contribution >= 0.6 is 11.6 Å². The highest BCUT2D eigenvalue weighted by Crippen LogP contribution is 2.27. The molecule has 2 amide bonds.